The highest BCUT2D eigenvalue weighted by atomic mass is 19.2. The van der Waals surface area contributed by atoms with Gasteiger partial charge in [0.15, 0.2) is 11.5 Å². The molecule has 0 radical (unpaired) electrons. The monoisotopic (exact) mass is 443 g/mol. The number of nitrogen functional groups attached to an aromatic ring is 1. The van der Waals surface area contributed by atoms with Crippen molar-refractivity contribution in [3.63, 3.8) is 0 Å². The molecule has 0 unspecified atom stereocenters. The van der Waals surface area contributed by atoms with Crippen LogP contribution in [0.15, 0.2) is 78.9 Å². The minimum absolute atomic E-state index is 0.146. The number of aromatic nitrogens is 3. The number of hydrogen-bond donors (Lipinski definition) is 3. The van der Waals surface area contributed by atoms with Gasteiger partial charge in [0.2, 0.25) is 0 Å². The molecule has 6 nitrogen and oxygen atoms in total. The first kappa shape index (κ1) is 20.4. The molecule has 0 saturated heterocycles. The lowest BCUT2D eigenvalue weighted by molar-refractivity contribution is 0.306. The number of nitrogens with zero attached hydrogens (tertiary/aromatic N) is 2. The summed E-state index contributed by atoms with van der Waals surface area (Å²) in [6, 6.07) is 22.7. The van der Waals surface area contributed by atoms with Crippen molar-refractivity contribution in [1.29, 1.82) is 0 Å². The standard InChI is InChI=1S/C25H19F2N5O/c26-18-9-6-15(7-10-18)14-33-22-12-17(8-11-20(22)30-27)19-13-21(16-4-2-1-3-5-16)29-25-23(19)24(28)31-32-25/h1-13,30H,14H2,(H3,28,29,31,32). The van der Waals surface area contributed by atoms with Gasteiger partial charge in [-0.3, -0.25) is 5.10 Å². The van der Waals surface area contributed by atoms with Crippen molar-refractivity contribution >= 4 is 22.5 Å². The quantitative estimate of drug-likeness (QED) is 0.285. The molecule has 3 aromatic carbocycles. The van der Waals surface area contributed by atoms with Crippen LogP contribution in [0.5, 0.6) is 5.75 Å². The van der Waals surface area contributed by atoms with Gasteiger partial charge in [0.25, 0.3) is 0 Å². The fourth-order valence-corrected chi connectivity index (χ4v) is 3.67. The Balaban J connectivity index is 1.58. The number of H-pyrrole nitrogens is 1. The van der Waals surface area contributed by atoms with Gasteiger partial charge in [0.1, 0.15) is 23.9 Å². The molecule has 5 rings (SSSR count). The second-order valence-corrected chi connectivity index (χ2v) is 7.47. The average molecular weight is 443 g/mol. The minimum atomic E-state index is -0.333. The summed E-state index contributed by atoms with van der Waals surface area (Å²) in [6.45, 7) is 0.146. The van der Waals surface area contributed by atoms with E-state index >= 15 is 0 Å². The van der Waals surface area contributed by atoms with Crippen molar-refractivity contribution in [2.24, 2.45) is 0 Å². The molecule has 2 aromatic heterocycles. The summed E-state index contributed by atoms with van der Waals surface area (Å²) in [6.07, 6.45) is 0. The van der Waals surface area contributed by atoms with Crippen molar-refractivity contribution in [2.75, 3.05) is 11.3 Å². The van der Waals surface area contributed by atoms with E-state index in [0.717, 1.165) is 27.9 Å². The van der Waals surface area contributed by atoms with Crippen LogP contribution >= 0.6 is 0 Å². The molecular weight excluding hydrogens is 424 g/mol. The lowest BCUT2D eigenvalue weighted by Gasteiger charge is -2.13. The lowest BCUT2D eigenvalue weighted by Crippen LogP contribution is -1.99. The minimum Gasteiger partial charge on any atom is -0.487 e. The zero-order valence-electron chi connectivity index (χ0n) is 17.3. The van der Waals surface area contributed by atoms with E-state index in [0.29, 0.717) is 22.6 Å². The zero-order valence-corrected chi connectivity index (χ0v) is 17.3. The van der Waals surface area contributed by atoms with E-state index in [4.69, 9.17) is 10.5 Å². The van der Waals surface area contributed by atoms with E-state index in [1.165, 1.54) is 12.1 Å². The van der Waals surface area contributed by atoms with Crippen LogP contribution < -0.4 is 16.0 Å². The topological polar surface area (TPSA) is 88.9 Å². The Kier molecular flexibility index (Phi) is 5.32. The van der Waals surface area contributed by atoms with E-state index in [2.05, 4.69) is 15.2 Å². The molecule has 164 valence electrons. The van der Waals surface area contributed by atoms with E-state index in [-0.39, 0.29) is 18.1 Å². The number of anilines is 2. The van der Waals surface area contributed by atoms with Gasteiger partial charge in [0, 0.05) is 5.56 Å². The fraction of sp³-hybridized carbons (Fsp3) is 0.0400. The second kappa shape index (κ2) is 8.58. The number of pyridine rings is 1. The number of ether oxygens (including phenoxy) is 1. The van der Waals surface area contributed by atoms with Crippen LogP contribution in [0.2, 0.25) is 0 Å². The van der Waals surface area contributed by atoms with Gasteiger partial charge in [-0.2, -0.15) is 5.10 Å². The van der Waals surface area contributed by atoms with Crippen molar-refractivity contribution in [3.8, 4) is 28.1 Å². The first-order chi connectivity index (χ1) is 16.1. The van der Waals surface area contributed by atoms with Gasteiger partial charge in [-0.1, -0.05) is 48.5 Å². The average Bonchev–Trinajstić information content (AvgIpc) is 3.24. The van der Waals surface area contributed by atoms with E-state index in [9.17, 15) is 8.87 Å². The molecule has 0 atom stereocenters. The largest absolute Gasteiger partial charge is 0.487 e. The lowest BCUT2D eigenvalue weighted by atomic mass is 9.99. The van der Waals surface area contributed by atoms with Crippen molar-refractivity contribution in [1.82, 2.24) is 15.2 Å². The highest BCUT2D eigenvalue weighted by Crippen LogP contribution is 2.38. The number of halogens is 2. The summed E-state index contributed by atoms with van der Waals surface area (Å²) < 4.78 is 32.5. The molecule has 0 bridgehead atoms. The van der Waals surface area contributed by atoms with E-state index < -0.39 is 0 Å². The number of nitrogens with one attached hydrogen (secondary N) is 2. The Labute approximate surface area is 188 Å². The summed E-state index contributed by atoms with van der Waals surface area (Å²) in [5, 5.41) is 7.65. The van der Waals surface area contributed by atoms with Crippen LogP contribution in [0.4, 0.5) is 20.4 Å². The molecule has 0 aliphatic carbocycles. The number of aromatic amines is 1. The maximum atomic E-state index is 13.4. The summed E-state index contributed by atoms with van der Waals surface area (Å²) in [5.74, 6) is 0.279. The van der Waals surface area contributed by atoms with Crippen LogP contribution in [0, 0.1) is 5.82 Å². The molecule has 4 N–H and O–H groups in total. The first-order valence-corrected chi connectivity index (χ1v) is 10.2. The molecule has 0 spiro atoms. The molecular formula is C25H19F2N5O. The Hall–Kier alpha value is -4.46. The molecule has 8 heteroatoms. The van der Waals surface area contributed by atoms with Crippen molar-refractivity contribution in [3.05, 3.63) is 90.2 Å². The van der Waals surface area contributed by atoms with Crippen molar-refractivity contribution in [2.45, 2.75) is 6.61 Å². The molecule has 2 heterocycles. The van der Waals surface area contributed by atoms with Crippen LogP contribution in [0.25, 0.3) is 33.4 Å². The smallest absolute Gasteiger partial charge is 0.158 e. The van der Waals surface area contributed by atoms with E-state index in [1.807, 2.05) is 36.4 Å². The Morgan fingerprint density at radius 1 is 0.939 bits per heavy atom. The molecule has 33 heavy (non-hydrogen) atoms. The third-order valence-corrected chi connectivity index (χ3v) is 5.33. The van der Waals surface area contributed by atoms with Gasteiger partial charge in [-0.25, -0.2) is 14.9 Å². The van der Waals surface area contributed by atoms with Crippen LogP contribution in [-0.2, 0) is 6.61 Å². The molecule has 0 amide bonds. The molecule has 5 aromatic rings. The molecule has 0 aliphatic rings. The number of fused-ring (bicyclic) bond motifs is 1. The summed E-state index contributed by atoms with van der Waals surface area (Å²) >= 11 is 0. The number of hydrogen-bond acceptors (Lipinski definition) is 5. The molecule has 0 fully saturated rings. The van der Waals surface area contributed by atoms with Crippen LogP contribution in [0.1, 0.15) is 5.56 Å². The third-order valence-electron chi connectivity index (χ3n) is 5.33. The highest BCUT2D eigenvalue weighted by Gasteiger charge is 2.16. The van der Waals surface area contributed by atoms with Crippen LogP contribution in [0.3, 0.4) is 0 Å². The Bertz CT molecular complexity index is 1420. The van der Waals surface area contributed by atoms with Gasteiger partial charge < -0.3 is 10.5 Å². The number of rotatable bonds is 6. The summed E-state index contributed by atoms with van der Waals surface area (Å²) in [5.41, 5.74) is 12.5. The number of benzene rings is 3. The first-order valence-electron chi connectivity index (χ1n) is 10.2. The van der Waals surface area contributed by atoms with Crippen LogP contribution in [-0.4, -0.2) is 15.2 Å². The Morgan fingerprint density at radius 2 is 1.73 bits per heavy atom. The van der Waals surface area contributed by atoms with Gasteiger partial charge in [0.05, 0.1) is 11.1 Å². The SMILES string of the molecule is Nc1n[nH]c2nc(-c3ccccc3)cc(-c3ccc(NF)c(OCc4ccc(F)cc4)c3)c12. The summed E-state index contributed by atoms with van der Waals surface area (Å²) in [4.78, 5) is 4.66. The predicted octanol–water partition coefficient (Wildman–Crippen LogP) is 5.89. The van der Waals surface area contributed by atoms with Gasteiger partial charge in [-0.15, -0.1) is 4.48 Å². The highest BCUT2D eigenvalue weighted by molar-refractivity contribution is 6.01. The zero-order chi connectivity index (χ0) is 22.8. The molecule has 0 aliphatic heterocycles. The van der Waals surface area contributed by atoms with Crippen molar-refractivity contribution < 1.29 is 13.6 Å². The number of nitrogens with two attached hydrogens (primary N) is 1. The fourth-order valence-electron chi connectivity index (χ4n) is 3.67. The second-order valence-electron chi connectivity index (χ2n) is 7.47. The molecule has 0 saturated carbocycles. The third kappa shape index (κ3) is 4.06. The van der Waals surface area contributed by atoms with Gasteiger partial charge in [-0.05, 0) is 47.0 Å². The van der Waals surface area contributed by atoms with E-state index in [1.54, 1.807) is 35.9 Å². The maximum Gasteiger partial charge on any atom is 0.158 e. The normalized spacial score (nSPS) is 11.0. The summed E-state index contributed by atoms with van der Waals surface area (Å²) in [7, 11) is 0. The Morgan fingerprint density at radius 3 is 2.48 bits per heavy atom. The van der Waals surface area contributed by atoms with Gasteiger partial charge >= 0.3 is 0 Å². The predicted molar refractivity (Wildman–Crippen MR) is 125 cm³/mol. The maximum absolute atomic E-state index is 13.4.